The molecule has 24 heavy (non-hydrogen) atoms. The second kappa shape index (κ2) is 5.54. The lowest BCUT2D eigenvalue weighted by Crippen LogP contribution is -2.32. The van der Waals surface area contributed by atoms with Crippen molar-refractivity contribution in [1.82, 2.24) is 4.98 Å². The van der Waals surface area contributed by atoms with Gasteiger partial charge in [0.2, 0.25) is 16.0 Å². The van der Waals surface area contributed by atoms with E-state index in [1.165, 1.54) is 11.3 Å². The van der Waals surface area contributed by atoms with Crippen LogP contribution < -0.4 is 26.4 Å². The van der Waals surface area contributed by atoms with Crippen LogP contribution in [0.1, 0.15) is 0 Å². The highest BCUT2D eigenvalue weighted by molar-refractivity contribution is 7.22. The van der Waals surface area contributed by atoms with Gasteiger partial charge in [-0.25, -0.2) is 4.98 Å². The summed E-state index contributed by atoms with van der Waals surface area (Å²) in [6, 6.07) is 12.2. The number of rotatable bonds is 3. The highest BCUT2D eigenvalue weighted by Gasteiger charge is 2.10. The predicted molar refractivity (Wildman–Crippen MR) is 94.2 cm³/mol. The molecule has 0 amide bonds. The SMILES string of the molecule is COc1ccc2nc(NN=c3c(=O)c4ccccc4c3=O)sc2c1. The minimum Gasteiger partial charge on any atom is -0.497 e. The Kier molecular flexibility index (Phi) is 3.35. The zero-order valence-corrected chi connectivity index (χ0v) is 13.4. The number of benzene rings is 2. The van der Waals surface area contributed by atoms with Crippen molar-refractivity contribution >= 4 is 37.5 Å². The Labute approximate surface area is 139 Å². The maximum absolute atomic E-state index is 12.3. The average Bonchev–Trinajstić information content (AvgIpc) is 3.12. The molecule has 0 aliphatic carbocycles. The van der Waals surface area contributed by atoms with Gasteiger partial charge in [0.15, 0.2) is 5.36 Å². The summed E-state index contributed by atoms with van der Waals surface area (Å²) >= 11 is 1.36. The summed E-state index contributed by atoms with van der Waals surface area (Å²) in [7, 11) is 1.60. The third-order valence-corrected chi connectivity index (χ3v) is 4.63. The van der Waals surface area contributed by atoms with Gasteiger partial charge in [-0.1, -0.05) is 35.6 Å². The second-order valence-corrected chi connectivity index (χ2v) is 6.16. The molecule has 3 aromatic carbocycles. The summed E-state index contributed by atoms with van der Waals surface area (Å²) < 4.78 is 6.10. The normalized spacial score (nSPS) is 11.0. The Morgan fingerprint density at radius 1 is 1.08 bits per heavy atom. The lowest BCUT2D eigenvalue weighted by atomic mass is 10.2. The number of nitrogens with one attached hydrogen (secondary N) is 1. The van der Waals surface area contributed by atoms with Crippen molar-refractivity contribution in [1.29, 1.82) is 0 Å². The van der Waals surface area contributed by atoms with E-state index in [-0.39, 0.29) is 16.2 Å². The Morgan fingerprint density at radius 2 is 1.79 bits per heavy atom. The van der Waals surface area contributed by atoms with Gasteiger partial charge in [-0.3, -0.25) is 15.0 Å². The Hall–Kier alpha value is -3.06. The van der Waals surface area contributed by atoms with Crippen LogP contribution in [0.4, 0.5) is 5.13 Å². The lowest BCUT2D eigenvalue weighted by Gasteiger charge is -1.96. The van der Waals surface area contributed by atoms with E-state index in [0.717, 1.165) is 16.0 Å². The zero-order chi connectivity index (χ0) is 16.7. The first-order chi connectivity index (χ1) is 11.7. The number of anilines is 1. The monoisotopic (exact) mass is 337 g/mol. The summed E-state index contributed by atoms with van der Waals surface area (Å²) in [6.07, 6.45) is 0. The van der Waals surface area contributed by atoms with Gasteiger partial charge >= 0.3 is 0 Å². The average molecular weight is 337 g/mol. The number of methoxy groups -OCH3 is 1. The number of hydrogen-bond donors (Lipinski definition) is 1. The van der Waals surface area contributed by atoms with E-state index in [2.05, 4.69) is 15.5 Å². The van der Waals surface area contributed by atoms with E-state index in [1.807, 2.05) is 18.2 Å². The van der Waals surface area contributed by atoms with E-state index in [4.69, 9.17) is 4.74 Å². The topological polar surface area (TPSA) is 80.7 Å². The molecule has 1 N–H and O–H groups in total. The Bertz CT molecular complexity index is 1170. The molecule has 4 rings (SSSR count). The van der Waals surface area contributed by atoms with Crippen LogP contribution in [0.3, 0.4) is 0 Å². The molecule has 0 saturated carbocycles. The molecule has 0 saturated heterocycles. The van der Waals surface area contributed by atoms with Crippen LogP contribution in [-0.2, 0) is 0 Å². The molecule has 0 radical (unpaired) electrons. The molecular weight excluding hydrogens is 326 g/mol. The van der Waals surface area contributed by atoms with Gasteiger partial charge < -0.3 is 4.74 Å². The fraction of sp³-hybridized carbons (Fsp3) is 0.0588. The summed E-state index contributed by atoms with van der Waals surface area (Å²) in [4.78, 5) is 28.9. The van der Waals surface area contributed by atoms with Gasteiger partial charge in [0, 0.05) is 10.8 Å². The van der Waals surface area contributed by atoms with Crippen molar-refractivity contribution in [3.63, 3.8) is 0 Å². The number of fused-ring (bicyclic) bond motifs is 2. The largest absolute Gasteiger partial charge is 0.497 e. The maximum atomic E-state index is 12.3. The molecular formula is C17H11N3O3S. The smallest absolute Gasteiger partial charge is 0.217 e. The van der Waals surface area contributed by atoms with Crippen LogP contribution >= 0.6 is 11.3 Å². The van der Waals surface area contributed by atoms with Crippen molar-refractivity contribution in [3.8, 4) is 5.75 Å². The van der Waals surface area contributed by atoms with Crippen LogP contribution in [0, 0.1) is 0 Å². The predicted octanol–water partition coefficient (Wildman–Crippen LogP) is 1.98. The first-order valence-corrected chi connectivity index (χ1v) is 7.96. The van der Waals surface area contributed by atoms with Gasteiger partial charge in [0.25, 0.3) is 0 Å². The van der Waals surface area contributed by atoms with Crippen LogP contribution in [0.15, 0.2) is 57.2 Å². The Morgan fingerprint density at radius 3 is 2.46 bits per heavy atom. The summed E-state index contributed by atoms with van der Waals surface area (Å²) in [5.41, 5.74) is 2.77. The molecule has 0 aliphatic rings. The molecule has 0 bridgehead atoms. The molecule has 0 fully saturated rings. The molecule has 4 aromatic rings. The maximum Gasteiger partial charge on any atom is 0.217 e. The molecule has 0 spiro atoms. The van der Waals surface area contributed by atoms with E-state index >= 15 is 0 Å². The lowest BCUT2D eigenvalue weighted by molar-refractivity contribution is 0.415. The van der Waals surface area contributed by atoms with Gasteiger partial charge in [-0.2, -0.15) is 5.10 Å². The first-order valence-electron chi connectivity index (χ1n) is 7.14. The van der Waals surface area contributed by atoms with Crippen LogP contribution in [-0.4, -0.2) is 12.1 Å². The molecule has 0 aliphatic heterocycles. The third-order valence-electron chi connectivity index (χ3n) is 3.71. The van der Waals surface area contributed by atoms with Crippen molar-refractivity contribution in [2.75, 3.05) is 12.5 Å². The second-order valence-electron chi connectivity index (χ2n) is 5.13. The number of thiazole rings is 1. The van der Waals surface area contributed by atoms with E-state index in [9.17, 15) is 9.59 Å². The number of hydrogen-bond acceptors (Lipinski definition) is 7. The zero-order valence-electron chi connectivity index (χ0n) is 12.6. The van der Waals surface area contributed by atoms with E-state index in [0.29, 0.717) is 15.9 Å². The summed E-state index contributed by atoms with van der Waals surface area (Å²) in [6.45, 7) is 0. The van der Waals surface area contributed by atoms with Crippen LogP contribution in [0.2, 0.25) is 0 Å². The van der Waals surface area contributed by atoms with Gasteiger partial charge in [-0.05, 0) is 18.2 Å². The van der Waals surface area contributed by atoms with Crippen molar-refractivity contribution in [3.05, 3.63) is 68.3 Å². The quantitative estimate of drug-likeness (QED) is 0.578. The summed E-state index contributed by atoms with van der Waals surface area (Å²) in [5, 5.41) is 5.15. The molecule has 0 atom stereocenters. The standard InChI is InChI=1S/C17H11N3O3S/c1-23-9-6-7-12-13(8-9)24-17(18-12)20-19-14-15(21)10-4-2-3-5-11(10)16(14)22/h2-8H,1H3,(H,18,20). The number of aromatic nitrogens is 1. The number of ether oxygens (including phenoxy) is 1. The highest BCUT2D eigenvalue weighted by Crippen LogP contribution is 2.28. The Balaban J connectivity index is 1.78. The minimum absolute atomic E-state index is 0.118. The molecule has 7 heteroatoms. The first kappa shape index (κ1) is 14.5. The van der Waals surface area contributed by atoms with Crippen LogP contribution in [0.25, 0.3) is 21.0 Å². The van der Waals surface area contributed by atoms with E-state index in [1.54, 1.807) is 31.4 Å². The fourth-order valence-corrected chi connectivity index (χ4v) is 3.36. The van der Waals surface area contributed by atoms with Gasteiger partial charge in [-0.15, -0.1) is 0 Å². The van der Waals surface area contributed by atoms with Gasteiger partial charge in [0.05, 0.1) is 17.3 Å². The van der Waals surface area contributed by atoms with Crippen molar-refractivity contribution < 1.29 is 4.74 Å². The van der Waals surface area contributed by atoms with Crippen LogP contribution in [0.5, 0.6) is 5.75 Å². The van der Waals surface area contributed by atoms with Crippen molar-refractivity contribution in [2.24, 2.45) is 5.10 Å². The highest BCUT2D eigenvalue weighted by atomic mass is 32.1. The molecule has 6 nitrogen and oxygen atoms in total. The molecule has 1 aromatic heterocycles. The summed E-state index contributed by atoms with van der Waals surface area (Å²) in [5.74, 6) is 0.737. The van der Waals surface area contributed by atoms with Gasteiger partial charge in [0.1, 0.15) is 5.75 Å². The van der Waals surface area contributed by atoms with Crippen molar-refractivity contribution in [2.45, 2.75) is 0 Å². The minimum atomic E-state index is -0.370. The van der Waals surface area contributed by atoms with E-state index < -0.39 is 0 Å². The molecule has 0 unspecified atom stereocenters. The number of nitrogens with zero attached hydrogens (tertiary/aromatic N) is 2. The molecule has 118 valence electrons. The fourth-order valence-electron chi connectivity index (χ4n) is 2.52. The third kappa shape index (κ3) is 2.26. The molecule has 1 heterocycles.